The van der Waals surface area contributed by atoms with Crippen molar-refractivity contribution in [2.45, 2.75) is 57.7 Å². The maximum absolute atomic E-state index is 5.93. The largest absolute Gasteiger partial charge is 0.497 e. The number of ether oxygens (including phenoxy) is 2. The van der Waals surface area contributed by atoms with E-state index in [1.54, 1.807) is 7.11 Å². The van der Waals surface area contributed by atoms with Crippen LogP contribution >= 0.6 is 0 Å². The highest BCUT2D eigenvalue weighted by Crippen LogP contribution is 2.57. The van der Waals surface area contributed by atoms with E-state index in [1.807, 2.05) is 12.1 Å². The van der Waals surface area contributed by atoms with Gasteiger partial charge < -0.3 is 14.8 Å². The molecule has 0 radical (unpaired) electrons. The van der Waals surface area contributed by atoms with Gasteiger partial charge in [-0.05, 0) is 50.8 Å². The molecule has 3 atom stereocenters. The van der Waals surface area contributed by atoms with Crippen molar-refractivity contribution in [1.29, 1.82) is 0 Å². The molecule has 0 heterocycles. The lowest BCUT2D eigenvalue weighted by atomic mass is 9.51. The summed E-state index contributed by atoms with van der Waals surface area (Å²) in [6.45, 7) is 5.20. The van der Waals surface area contributed by atoms with E-state index in [0.29, 0.717) is 23.6 Å². The van der Waals surface area contributed by atoms with Gasteiger partial charge in [-0.15, -0.1) is 0 Å². The van der Waals surface area contributed by atoms with Crippen LogP contribution in [0.1, 0.15) is 51.1 Å². The number of hydrogen-bond donors (Lipinski definition) is 1. The van der Waals surface area contributed by atoms with Gasteiger partial charge in [-0.2, -0.15) is 0 Å². The Morgan fingerprint density at radius 2 is 2.00 bits per heavy atom. The van der Waals surface area contributed by atoms with Gasteiger partial charge in [0.05, 0.1) is 13.2 Å². The Labute approximate surface area is 128 Å². The van der Waals surface area contributed by atoms with Crippen molar-refractivity contribution in [2.24, 2.45) is 5.41 Å². The molecule has 21 heavy (non-hydrogen) atoms. The number of hydrogen-bond acceptors (Lipinski definition) is 3. The van der Waals surface area contributed by atoms with E-state index >= 15 is 0 Å². The minimum absolute atomic E-state index is 0.376. The van der Waals surface area contributed by atoms with E-state index in [1.165, 1.54) is 24.8 Å². The molecule has 2 fully saturated rings. The SMILES string of the molecule is CCOC1CC(N[C@@H](C)c2ccc(OC)cc2)C12CCC2. The molecule has 1 aromatic rings. The van der Waals surface area contributed by atoms with Crippen LogP contribution in [-0.4, -0.2) is 25.9 Å². The topological polar surface area (TPSA) is 30.5 Å². The normalized spacial score (nSPS) is 27.8. The molecule has 0 saturated heterocycles. The summed E-state index contributed by atoms with van der Waals surface area (Å²) in [5.74, 6) is 0.918. The Balaban J connectivity index is 1.61. The zero-order valence-corrected chi connectivity index (χ0v) is 13.4. The van der Waals surface area contributed by atoms with Gasteiger partial charge in [-0.25, -0.2) is 0 Å². The molecule has 0 amide bonds. The maximum Gasteiger partial charge on any atom is 0.118 e. The molecule has 3 heteroatoms. The van der Waals surface area contributed by atoms with Gasteiger partial charge in [0.1, 0.15) is 5.75 Å². The zero-order chi connectivity index (χ0) is 14.9. The monoisotopic (exact) mass is 289 g/mol. The minimum atomic E-state index is 0.376. The van der Waals surface area contributed by atoms with E-state index in [4.69, 9.17) is 9.47 Å². The number of methoxy groups -OCH3 is 1. The summed E-state index contributed by atoms with van der Waals surface area (Å²) in [5, 5.41) is 3.83. The van der Waals surface area contributed by atoms with Gasteiger partial charge >= 0.3 is 0 Å². The van der Waals surface area contributed by atoms with Gasteiger partial charge in [-0.1, -0.05) is 18.6 Å². The zero-order valence-electron chi connectivity index (χ0n) is 13.4. The molecule has 1 N–H and O–H groups in total. The van der Waals surface area contributed by atoms with Crippen molar-refractivity contribution in [3.8, 4) is 5.75 Å². The fourth-order valence-corrected chi connectivity index (χ4v) is 3.96. The highest BCUT2D eigenvalue weighted by atomic mass is 16.5. The summed E-state index contributed by atoms with van der Waals surface area (Å²) in [4.78, 5) is 0. The fraction of sp³-hybridized carbons (Fsp3) is 0.667. The van der Waals surface area contributed by atoms with Gasteiger partial charge in [0.2, 0.25) is 0 Å². The quantitative estimate of drug-likeness (QED) is 0.866. The first kappa shape index (κ1) is 14.9. The molecule has 2 saturated carbocycles. The third-order valence-corrected chi connectivity index (χ3v) is 5.50. The Kier molecular flexibility index (Phi) is 4.23. The standard InChI is InChI=1S/C18H27NO2/c1-4-21-17-12-16(18(17)10-5-11-18)19-13(2)14-6-8-15(20-3)9-7-14/h6-9,13,16-17,19H,4-5,10-12H2,1-3H3/t13-,16?,17?/m0/s1. The second-order valence-corrected chi connectivity index (χ2v) is 6.48. The summed E-state index contributed by atoms with van der Waals surface area (Å²) in [5.41, 5.74) is 1.75. The Morgan fingerprint density at radius 3 is 2.52 bits per heavy atom. The molecular formula is C18H27NO2. The molecule has 0 bridgehead atoms. The van der Waals surface area contributed by atoms with Crippen LogP contribution in [-0.2, 0) is 4.74 Å². The molecule has 2 aliphatic rings. The molecular weight excluding hydrogens is 262 g/mol. The van der Waals surface area contributed by atoms with E-state index in [2.05, 4.69) is 31.3 Å². The van der Waals surface area contributed by atoms with Crippen LogP contribution in [0.15, 0.2) is 24.3 Å². The second-order valence-electron chi connectivity index (χ2n) is 6.48. The maximum atomic E-state index is 5.93. The molecule has 3 rings (SSSR count). The molecule has 116 valence electrons. The van der Waals surface area contributed by atoms with E-state index in [9.17, 15) is 0 Å². The lowest BCUT2D eigenvalue weighted by Crippen LogP contribution is -2.67. The highest BCUT2D eigenvalue weighted by Gasteiger charge is 2.58. The van der Waals surface area contributed by atoms with E-state index < -0.39 is 0 Å². The van der Waals surface area contributed by atoms with Crippen LogP contribution in [0.25, 0.3) is 0 Å². The number of nitrogens with one attached hydrogen (secondary N) is 1. The average Bonchev–Trinajstić information content (AvgIpc) is 2.44. The molecule has 0 aromatic heterocycles. The predicted molar refractivity (Wildman–Crippen MR) is 84.6 cm³/mol. The van der Waals surface area contributed by atoms with Gasteiger partial charge in [0, 0.05) is 24.1 Å². The lowest BCUT2D eigenvalue weighted by molar-refractivity contribution is -0.174. The second kappa shape index (κ2) is 5.98. The van der Waals surface area contributed by atoms with Crippen LogP contribution in [0.4, 0.5) is 0 Å². The average molecular weight is 289 g/mol. The van der Waals surface area contributed by atoms with E-state index in [0.717, 1.165) is 18.8 Å². The van der Waals surface area contributed by atoms with Gasteiger partial charge in [0.15, 0.2) is 0 Å². The van der Waals surface area contributed by atoms with Crippen molar-refractivity contribution in [3.05, 3.63) is 29.8 Å². The van der Waals surface area contributed by atoms with Crippen molar-refractivity contribution < 1.29 is 9.47 Å². The molecule has 1 spiro atoms. The summed E-state index contributed by atoms with van der Waals surface area (Å²) in [6.07, 6.45) is 5.65. The first-order valence-electron chi connectivity index (χ1n) is 8.21. The summed E-state index contributed by atoms with van der Waals surface area (Å²) in [7, 11) is 1.71. The summed E-state index contributed by atoms with van der Waals surface area (Å²) >= 11 is 0. The summed E-state index contributed by atoms with van der Waals surface area (Å²) in [6, 6.07) is 9.37. The smallest absolute Gasteiger partial charge is 0.118 e. The molecule has 2 unspecified atom stereocenters. The van der Waals surface area contributed by atoms with Crippen LogP contribution in [0.5, 0.6) is 5.75 Å². The van der Waals surface area contributed by atoms with Crippen LogP contribution in [0.2, 0.25) is 0 Å². The Bertz CT molecular complexity index is 467. The fourth-order valence-electron chi connectivity index (χ4n) is 3.96. The number of rotatable bonds is 6. The minimum Gasteiger partial charge on any atom is -0.497 e. The predicted octanol–water partition coefficient (Wildman–Crippen LogP) is 3.69. The number of benzene rings is 1. The Morgan fingerprint density at radius 1 is 1.29 bits per heavy atom. The third kappa shape index (κ3) is 2.58. The molecule has 3 nitrogen and oxygen atoms in total. The van der Waals surface area contributed by atoms with Crippen molar-refractivity contribution in [3.63, 3.8) is 0 Å². The van der Waals surface area contributed by atoms with Gasteiger partial charge in [0.25, 0.3) is 0 Å². The van der Waals surface area contributed by atoms with Crippen molar-refractivity contribution >= 4 is 0 Å². The highest BCUT2D eigenvalue weighted by molar-refractivity contribution is 5.29. The van der Waals surface area contributed by atoms with Crippen LogP contribution < -0.4 is 10.1 Å². The molecule has 0 aliphatic heterocycles. The lowest BCUT2D eigenvalue weighted by Gasteiger charge is -2.61. The summed E-state index contributed by atoms with van der Waals surface area (Å²) < 4.78 is 11.2. The van der Waals surface area contributed by atoms with Crippen molar-refractivity contribution in [2.75, 3.05) is 13.7 Å². The molecule has 1 aromatic carbocycles. The first-order valence-corrected chi connectivity index (χ1v) is 8.21. The first-order chi connectivity index (χ1) is 10.2. The Hall–Kier alpha value is -1.06. The van der Waals surface area contributed by atoms with Crippen LogP contribution in [0.3, 0.4) is 0 Å². The van der Waals surface area contributed by atoms with Crippen LogP contribution in [0, 0.1) is 5.41 Å². The van der Waals surface area contributed by atoms with Gasteiger partial charge in [-0.3, -0.25) is 0 Å². The van der Waals surface area contributed by atoms with Crippen molar-refractivity contribution in [1.82, 2.24) is 5.32 Å². The molecule has 2 aliphatic carbocycles. The third-order valence-electron chi connectivity index (χ3n) is 5.50. The van der Waals surface area contributed by atoms with E-state index in [-0.39, 0.29) is 0 Å².